The van der Waals surface area contributed by atoms with E-state index in [1.54, 1.807) is 7.11 Å². The summed E-state index contributed by atoms with van der Waals surface area (Å²) < 4.78 is 11.1. The second-order valence-electron chi connectivity index (χ2n) is 4.59. The van der Waals surface area contributed by atoms with Crippen LogP contribution < -0.4 is 9.47 Å². The Hall–Kier alpha value is -2.22. The Morgan fingerprint density at radius 3 is 2.63 bits per heavy atom. The van der Waals surface area contributed by atoms with Gasteiger partial charge in [0.15, 0.2) is 0 Å². The number of ether oxygens (including phenoxy) is 2. The van der Waals surface area contributed by atoms with Gasteiger partial charge in [-0.05, 0) is 23.8 Å². The van der Waals surface area contributed by atoms with Crippen LogP contribution in [0.25, 0.3) is 6.08 Å². The molecular formula is C17H16O2. The van der Waals surface area contributed by atoms with Crippen LogP contribution in [0.4, 0.5) is 0 Å². The van der Waals surface area contributed by atoms with E-state index < -0.39 is 0 Å². The number of hydrogen-bond acceptors (Lipinski definition) is 2. The molecule has 1 aliphatic rings. The van der Waals surface area contributed by atoms with E-state index in [4.69, 9.17) is 9.47 Å². The number of para-hydroxylation sites is 1. The van der Waals surface area contributed by atoms with Crippen LogP contribution in [0.3, 0.4) is 0 Å². The third kappa shape index (κ3) is 2.48. The Morgan fingerprint density at radius 2 is 1.84 bits per heavy atom. The molecule has 1 unspecified atom stereocenters. The maximum absolute atomic E-state index is 5.88. The van der Waals surface area contributed by atoms with Crippen molar-refractivity contribution in [2.75, 3.05) is 13.7 Å². The molecule has 0 bridgehead atoms. The third-order valence-electron chi connectivity index (χ3n) is 3.39. The van der Waals surface area contributed by atoms with Gasteiger partial charge in [0.05, 0.1) is 13.7 Å². The number of hydrogen-bond donors (Lipinski definition) is 0. The summed E-state index contributed by atoms with van der Waals surface area (Å²) in [5, 5.41) is 0. The number of methoxy groups -OCH3 is 1. The van der Waals surface area contributed by atoms with Gasteiger partial charge in [0.25, 0.3) is 0 Å². The lowest BCUT2D eigenvalue weighted by atomic mass is 9.99. The monoisotopic (exact) mass is 252 g/mol. The van der Waals surface area contributed by atoms with Crippen molar-refractivity contribution in [3.8, 4) is 11.5 Å². The fourth-order valence-electron chi connectivity index (χ4n) is 2.26. The van der Waals surface area contributed by atoms with Crippen molar-refractivity contribution in [2.45, 2.75) is 5.92 Å². The molecule has 3 rings (SSSR count). The van der Waals surface area contributed by atoms with E-state index in [0.29, 0.717) is 6.61 Å². The van der Waals surface area contributed by atoms with Gasteiger partial charge in [-0.15, -0.1) is 0 Å². The molecular weight excluding hydrogens is 236 g/mol. The summed E-state index contributed by atoms with van der Waals surface area (Å²) in [5.74, 6) is 2.11. The van der Waals surface area contributed by atoms with E-state index in [1.165, 1.54) is 5.56 Å². The van der Waals surface area contributed by atoms with E-state index >= 15 is 0 Å². The third-order valence-corrected chi connectivity index (χ3v) is 3.39. The first-order valence-electron chi connectivity index (χ1n) is 6.41. The van der Waals surface area contributed by atoms with Gasteiger partial charge in [0.2, 0.25) is 0 Å². The van der Waals surface area contributed by atoms with Gasteiger partial charge in [-0.2, -0.15) is 0 Å². The molecule has 19 heavy (non-hydrogen) atoms. The first kappa shape index (κ1) is 11.8. The smallest absolute Gasteiger partial charge is 0.126 e. The van der Waals surface area contributed by atoms with Crippen molar-refractivity contribution in [3.63, 3.8) is 0 Å². The number of benzene rings is 2. The lowest BCUT2D eigenvalue weighted by Crippen LogP contribution is -2.07. The van der Waals surface area contributed by atoms with Gasteiger partial charge >= 0.3 is 0 Å². The Balaban J connectivity index is 1.84. The van der Waals surface area contributed by atoms with E-state index in [1.807, 2.05) is 30.3 Å². The first-order valence-corrected chi connectivity index (χ1v) is 6.41. The van der Waals surface area contributed by atoms with Crippen molar-refractivity contribution < 1.29 is 9.47 Å². The van der Waals surface area contributed by atoms with Crippen molar-refractivity contribution in [3.05, 3.63) is 65.7 Å². The number of rotatable bonds is 2. The van der Waals surface area contributed by atoms with Crippen LogP contribution in [-0.2, 0) is 0 Å². The van der Waals surface area contributed by atoms with Crippen molar-refractivity contribution in [1.29, 1.82) is 0 Å². The molecule has 0 fully saturated rings. The maximum Gasteiger partial charge on any atom is 0.126 e. The fraction of sp³-hybridized carbons (Fsp3) is 0.176. The van der Waals surface area contributed by atoms with Gasteiger partial charge < -0.3 is 9.47 Å². The molecule has 0 aliphatic carbocycles. The average molecular weight is 252 g/mol. The van der Waals surface area contributed by atoms with E-state index in [0.717, 1.165) is 17.1 Å². The molecule has 1 heterocycles. The molecule has 1 atom stereocenters. The first-order chi connectivity index (χ1) is 9.36. The van der Waals surface area contributed by atoms with Crippen LogP contribution in [0.5, 0.6) is 11.5 Å². The van der Waals surface area contributed by atoms with Crippen LogP contribution >= 0.6 is 0 Å². The highest BCUT2D eigenvalue weighted by molar-refractivity contribution is 5.59. The van der Waals surface area contributed by atoms with Gasteiger partial charge in [-0.1, -0.05) is 42.5 Å². The molecule has 96 valence electrons. The molecule has 0 saturated heterocycles. The van der Waals surface area contributed by atoms with Crippen molar-refractivity contribution >= 4 is 6.08 Å². The molecule has 0 amide bonds. The van der Waals surface area contributed by atoms with Crippen LogP contribution in [0.2, 0.25) is 0 Å². The SMILES string of the molecule is COc1ccc(C2C=Cc3ccccc3OC2)cc1. The van der Waals surface area contributed by atoms with Gasteiger partial charge in [-0.25, -0.2) is 0 Å². The zero-order valence-corrected chi connectivity index (χ0v) is 10.9. The lowest BCUT2D eigenvalue weighted by molar-refractivity contribution is 0.308. The Bertz CT molecular complexity index is 584. The topological polar surface area (TPSA) is 18.5 Å². The molecule has 0 radical (unpaired) electrons. The molecule has 0 aromatic heterocycles. The quantitative estimate of drug-likeness (QED) is 0.807. The van der Waals surface area contributed by atoms with Gasteiger partial charge in [0, 0.05) is 11.5 Å². The molecule has 2 aromatic rings. The predicted octanol–water partition coefficient (Wildman–Crippen LogP) is 3.88. The molecule has 2 heteroatoms. The largest absolute Gasteiger partial charge is 0.497 e. The summed E-state index contributed by atoms with van der Waals surface area (Å²) in [4.78, 5) is 0. The number of fused-ring (bicyclic) bond motifs is 1. The lowest BCUT2D eigenvalue weighted by Gasteiger charge is -2.13. The minimum Gasteiger partial charge on any atom is -0.497 e. The second kappa shape index (κ2) is 5.19. The summed E-state index contributed by atoms with van der Waals surface area (Å²) in [6, 6.07) is 16.3. The van der Waals surface area contributed by atoms with Crippen LogP contribution in [0.1, 0.15) is 17.0 Å². The summed E-state index contributed by atoms with van der Waals surface area (Å²) in [7, 11) is 1.68. The highest BCUT2D eigenvalue weighted by atomic mass is 16.5. The van der Waals surface area contributed by atoms with Crippen LogP contribution in [0, 0.1) is 0 Å². The predicted molar refractivity (Wildman–Crippen MR) is 76.7 cm³/mol. The van der Waals surface area contributed by atoms with E-state index in [2.05, 4.69) is 30.4 Å². The summed E-state index contributed by atoms with van der Waals surface area (Å²) in [5.41, 5.74) is 2.38. The molecule has 1 aliphatic heterocycles. The molecule has 0 spiro atoms. The summed E-state index contributed by atoms with van der Waals surface area (Å²) in [6.07, 6.45) is 4.34. The molecule has 0 N–H and O–H groups in total. The molecule has 2 aromatic carbocycles. The van der Waals surface area contributed by atoms with Crippen LogP contribution in [0.15, 0.2) is 54.6 Å². The van der Waals surface area contributed by atoms with E-state index in [-0.39, 0.29) is 5.92 Å². The zero-order chi connectivity index (χ0) is 13.1. The highest BCUT2D eigenvalue weighted by Gasteiger charge is 2.13. The normalized spacial score (nSPS) is 17.2. The van der Waals surface area contributed by atoms with Gasteiger partial charge in [-0.3, -0.25) is 0 Å². The van der Waals surface area contributed by atoms with E-state index in [9.17, 15) is 0 Å². The minimum atomic E-state index is 0.276. The standard InChI is InChI=1S/C17H16O2/c1-18-16-10-8-13(9-11-16)15-7-6-14-4-2-3-5-17(14)19-12-15/h2-11,15H,12H2,1H3. The Labute approximate surface area is 113 Å². The minimum absolute atomic E-state index is 0.276. The summed E-state index contributed by atoms with van der Waals surface area (Å²) in [6.45, 7) is 0.667. The van der Waals surface area contributed by atoms with Crippen LogP contribution in [-0.4, -0.2) is 13.7 Å². The Morgan fingerprint density at radius 1 is 1.05 bits per heavy atom. The fourth-order valence-corrected chi connectivity index (χ4v) is 2.26. The second-order valence-corrected chi connectivity index (χ2v) is 4.59. The summed E-state index contributed by atoms with van der Waals surface area (Å²) >= 11 is 0. The average Bonchev–Trinajstić information content (AvgIpc) is 2.70. The van der Waals surface area contributed by atoms with Crippen molar-refractivity contribution in [1.82, 2.24) is 0 Å². The van der Waals surface area contributed by atoms with Gasteiger partial charge in [0.1, 0.15) is 11.5 Å². The van der Waals surface area contributed by atoms with Crippen molar-refractivity contribution in [2.24, 2.45) is 0 Å². The Kier molecular flexibility index (Phi) is 3.23. The molecule has 0 saturated carbocycles. The highest BCUT2D eigenvalue weighted by Crippen LogP contribution is 2.29. The maximum atomic E-state index is 5.88. The molecule has 2 nitrogen and oxygen atoms in total. The zero-order valence-electron chi connectivity index (χ0n) is 10.9.